The smallest absolute Gasteiger partial charge is 0.0369 e. The van der Waals surface area contributed by atoms with Crippen LogP contribution in [0.3, 0.4) is 0 Å². The minimum absolute atomic E-state index is 0.240. The fraction of sp³-hybridized carbons (Fsp3) is 0.647. The van der Waals surface area contributed by atoms with Gasteiger partial charge in [0.1, 0.15) is 0 Å². The zero-order valence-electron chi connectivity index (χ0n) is 12.2. The molecule has 1 aromatic rings. The molecule has 0 bridgehead atoms. The number of likely N-dealkylation sites (tertiary alicyclic amines) is 1. The van der Waals surface area contributed by atoms with Gasteiger partial charge in [0.25, 0.3) is 0 Å². The van der Waals surface area contributed by atoms with Crippen molar-refractivity contribution in [1.82, 2.24) is 4.90 Å². The van der Waals surface area contributed by atoms with E-state index in [0.717, 1.165) is 18.3 Å². The van der Waals surface area contributed by atoms with Crippen LogP contribution in [-0.4, -0.2) is 18.0 Å². The Kier molecular flexibility index (Phi) is 3.64. The Morgan fingerprint density at radius 2 is 1.74 bits per heavy atom. The molecular weight excluding hydrogens is 232 g/mol. The number of hydrogen-bond acceptors (Lipinski definition) is 2. The topological polar surface area (TPSA) is 29.3 Å². The summed E-state index contributed by atoms with van der Waals surface area (Å²) in [5.74, 6) is 1.75. The van der Waals surface area contributed by atoms with Crippen molar-refractivity contribution in [3.05, 3.63) is 35.4 Å². The van der Waals surface area contributed by atoms with Crippen molar-refractivity contribution in [2.24, 2.45) is 17.6 Å². The van der Waals surface area contributed by atoms with Crippen LogP contribution in [0.5, 0.6) is 0 Å². The Morgan fingerprint density at radius 3 is 2.37 bits per heavy atom. The normalized spacial score (nSPS) is 28.8. The van der Waals surface area contributed by atoms with E-state index in [1.54, 1.807) is 0 Å². The first-order valence-electron chi connectivity index (χ1n) is 7.75. The van der Waals surface area contributed by atoms with Crippen LogP contribution in [0, 0.1) is 11.8 Å². The molecule has 2 atom stereocenters. The van der Waals surface area contributed by atoms with Crippen molar-refractivity contribution in [3.8, 4) is 0 Å². The number of fused-ring (bicyclic) bond motifs is 1. The van der Waals surface area contributed by atoms with Gasteiger partial charge in [0, 0.05) is 12.1 Å². The monoisotopic (exact) mass is 258 g/mol. The molecule has 2 heteroatoms. The Labute approximate surface area is 117 Å². The highest BCUT2D eigenvalue weighted by molar-refractivity contribution is 5.37. The van der Waals surface area contributed by atoms with E-state index in [0.29, 0.717) is 6.04 Å². The van der Waals surface area contributed by atoms with Gasteiger partial charge in [-0.25, -0.2) is 0 Å². The fourth-order valence-corrected chi connectivity index (χ4v) is 3.89. The van der Waals surface area contributed by atoms with Crippen LogP contribution in [0.1, 0.15) is 56.3 Å². The van der Waals surface area contributed by atoms with Crippen molar-refractivity contribution >= 4 is 0 Å². The largest absolute Gasteiger partial charge is 0.324 e. The van der Waals surface area contributed by atoms with E-state index in [-0.39, 0.29) is 6.04 Å². The Bertz CT molecular complexity index is 433. The molecular formula is C17H26N2. The fourth-order valence-electron chi connectivity index (χ4n) is 3.89. The van der Waals surface area contributed by atoms with Crippen molar-refractivity contribution in [2.75, 3.05) is 13.1 Å². The predicted octanol–water partition coefficient (Wildman–Crippen LogP) is 3.50. The summed E-state index contributed by atoms with van der Waals surface area (Å²) < 4.78 is 0. The summed E-state index contributed by atoms with van der Waals surface area (Å²) in [5.41, 5.74) is 9.15. The highest BCUT2D eigenvalue weighted by atomic mass is 15.2. The summed E-state index contributed by atoms with van der Waals surface area (Å²) >= 11 is 0. The van der Waals surface area contributed by atoms with Crippen LogP contribution >= 0.6 is 0 Å². The van der Waals surface area contributed by atoms with Crippen LogP contribution in [0.2, 0.25) is 0 Å². The second kappa shape index (κ2) is 5.26. The molecule has 0 saturated carbocycles. The molecule has 2 unspecified atom stereocenters. The molecule has 1 saturated heterocycles. The average Bonchev–Trinajstić information content (AvgIpc) is 2.77. The molecule has 1 fully saturated rings. The summed E-state index contributed by atoms with van der Waals surface area (Å²) in [6.07, 6.45) is 3.81. The van der Waals surface area contributed by atoms with Crippen LogP contribution in [0.4, 0.5) is 0 Å². The van der Waals surface area contributed by atoms with Crippen molar-refractivity contribution in [1.29, 1.82) is 0 Å². The lowest BCUT2D eigenvalue weighted by atomic mass is 9.86. The molecule has 0 radical (unpaired) electrons. The SMILES string of the molecule is CC(C)C1CCN(C2CC(N)c3ccccc32)CC1. The first-order chi connectivity index (χ1) is 9.16. The standard InChI is InChI=1S/C17H26N2/c1-12(2)13-7-9-19(10-8-13)17-11-16(18)14-5-3-4-6-15(14)17/h3-6,12-13,16-17H,7-11,18H2,1-2H3. The summed E-state index contributed by atoms with van der Waals surface area (Å²) in [5, 5.41) is 0. The van der Waals surface area contributed by atoms with Gasteiger partial charge in [0.05, 0.1) is 0 Å². The quantitative estimate of drug-likeness (QED) is 0.879. The minimum atomic E-state index is 0.240. The molecule has 1 aliphatic carbocycles. The van der Waals surface area contributed by atoms with Gasteiger partial charge < -0.3 is 5.73 Å². The van der Waals surface area contributed by atoms with E-state index in [9.17, 15) is 0 Å². The molecule has 2 aliphatic rings. The zero-order chi connectivity index (χ0) is 13.4. The van der Waals surface area contributed by atoms with Gasteiger partial charge in [-0.05, 0) is 55.3 Å². The summed E-state index contributed by atoms with van der Waals surface area (Å²) in [6.45, 7) is 7.21. The van der Waals surface area contributed by atoms with E-state index in [1.165, 1.54) is 37.1 Å². The summed E-state index contributed by atoms with van der Waals surface area (Å²) in [4.78, 5) is 2.67. The molecule has 3 rings (SSSR count). The van der Waals surface area contributed by atoms with Gasteiger partial charge in [-0.3, -0.25) is 4.90 Å². The van der Waals surface area contributed by atoms with Gasteiger partial charge in [-0.2, -0.15) is 0 Å². The maximum Gasteiger partial charge on any atom is 0.0369 e. The maximum atomic E-state index is 6.29. The van der Waals surface area contributed by atoms with Crippen molar-refractivity contribution < 1.29 is 0 Å². The number of benzene rings is 1. The van der Waals surface area contributed by atoms with Crippen molar-refractivity contribution in [2.45, 2.75) is 45.2 Å². The summed E-state index contributed by atoms with van der Waals surface area (Å²) in [7, 11) is 0. The molecule has 2 nitrogen and oxygen atoms in total. The van der Waals surface area contributed by atoms with Crippen LogP contribution in [-0.2, 0) is 0 Å². The Morgan fingerprint density at radius 1 is 1.11 bits per heavy atom. The first-order valence-corrected chi connectivity index (χ1v) is 7.75. The third-order valence-electron chi connectivity index (χ3n) is 5.19. The van der Waals surface area contributed by atoms with Gasteiger partial charge in [0.2, 0.25) is 0 Å². The van der Waals surface area contributed by atoms with E-state index < -0.39 is 0 Å². The molecule has 0 amide bonds. The van der Waals surface area contributed by atoms with E-state index >= 15 is 0 Å². The summed E-state index contributed by atoms with van der Waals surface area (Å²) in [6, 6.07) is 9.57. The van der Waals surface area contributed by atoms with Crippen LogP contribution in [0.15, 0.2) is 24.3 Å². The van der Waals surface area contributed by atoms with Gasteiger partial charge in [-0.1, -0.05) is 38.1 Å². The molecule has 104 valence electrons. The number of nitrogens with zero attached hydrogens (tertiary/aromatic N) is 1. The lowest BCUT2D eigenvalue weighted by Crippen LogP contribution is -2.37. The predicted molar refractivity (Wildman–Crippen MR) is 79.9 cm³/mol. The highest BCUT2D eigenvalue weighted by Gasteiger charge is 2.34. The van der Waals surface area contributed by atoms with Gasteiger partial charge in [0.15, 0.2) is 0 Å². The van der Waals surface area contributed by atoms with Gasteiger partial charge >= 0.3 is 0 Å². The zero-order valence-corrected chi connectivity index (χ0v) is 12.2. The average molecular weight is 258 g/mol. The second-order valence-corrected chi connectivity index (χ2v) is 6.60. The lowest BCUT2D eigenvalue weighted by Gasteiger charge is -2.37. The van der Waals surface area contributed by atoms with Crippen LogP contribution < -0.4 is 5.73 Å². The molecule has 2 N–H and O–H groups in total. The minimum Gasteiger partial charge on any atom is -0.324 e. The highest BCUT2D eigenvalue weighted by Crippen LogP contribution is 2.42. The van der Waals surface area contributed by atoms with Gasteiger partial charge in [-0.15, -0.1) is 0 Å². The molecule has 19 heavy (non-hydrogen) atoms. The molecule has 1 heterocycles. The molecule has 1 aromatic carbocycles. The third-order valence-corrected chi connectivity index (χ3v) is 5.19. The van der Waals surface area contributed by atoms with Crippen LogP contribution in [0.25, 0.3) is 0 Å². The number of piperidine rings is 1. The number of rotatable bonds is 2. The first kappa shape index (κ1) is 13.1. The molecule has 1 aliphatic heterocycles. The van der Waals surface area contributed by atoms with E-state index in [2.05, 4.69) is 43.0 Å². The Hall–Kier alpha value is -0.860. The maximum absolute atomic E-state index is 6.29. The second-order valence-electron chi connectivity index (χ2n) is 6.60. The Balaban J connectivity index is 1.72. The van der Waals surface area contributed by atoms with E-state index in [1.807, 2.05) is 0 Å². The van der Waals surface area contributed by atoms with Crippen molar-refractivity contribution in [3.63, 3.8) is 0 Å². The van der Waals surface area contributed by atoms with E-state index in [4.69, 9.17) is 5.73 Å². The molecule has 0 spiro atoms. The number of hydrogen-bond donors (Lipinski definition) is 1. The third kappa shape index (κ3) is 2.44. The lowest BCUT2D eigenvalue weighted by molar-refractivity contribution is 0.112. The molecule has 0 aromatic heterocycles. The number of nitrogens with two attached hydrogens (primary N) is 1.